The highest BCUT2D eigenvalue weighted by Gasteiger charge is 2.12. The zero-order valence-corrected chi connectivity index (χ0v) is 14.9. The van der Waals surface area contributed by atoms with Crippen LogP contribution < -0.4 is 5.32 Å². The van der Waals surface area contributed by atoms with Crippen LogP contribution in [0.3, 0.4) is 0 Å². The van der Waals surface area contributed by atoms with Crippen molar-refractivity contribution in [2.24, 2.45) is 7.05 Å². The van der Waals surface area contributed by atoms with Crippen LogP contribution in [-0.4, -0.2) is 26.4 Å². The number of thiophene rings is 1. The summed E-state index contributed by atoms with van der Waals surface area (Å²) in [5, 5.41) is 14.1. The van der Waals surface area contributed by atoms with Crippen molar-refractivity contribution >= 4 is 29.0 Å². The fourth-order valence-electron chi connectivity index (χ4n) is 2.17. The van der Waals surface area contributed by atoms with Crippen LogP contribution in [0, 0.1) is 0 Å². The van der Waals surface area contributed by atoms with Crippen LogP contribution in [0.2, 0.25) is 0 Å². The Labute approximate surface area is 149 Å². The Morgan fingerprint density at radius 3 is 2.79 bits per heavy atom. The van der Waals surface area contributed by atoms with Gasteiger partial charge in [-0.05, 0) is 17.0 Å². The lowest BCUT2D eigenvalue weighted by atomic mass is 10.2. The lowest BCUT2D eigenvalue weighted by Crippen LogP contribution is -2.24. The van der Waals surface area contributed by atoms with Gasteiger partial charge in [0.05, 0.1) is 5.75 Å². The fraction of sp³-hybridized carbons (Fsp3) is 0.235. The number of amides is 1. The van der Waals surface area contributed by atoms with E-state index in [9.17, 15) is 4.79 Å². The average Bonchev–Trinajstić information content (AvgIpc) is 3.24. The number of nitrogens with zero attached hydrogens (tertiary/aromatic N) is 3. The Balaban J connectivity index is 1.49. The quantitative estimate of drug-likeness (QED) is 0.660. The van der Waals surface area contributed by atoms with E-state index in [1.54, 1.807) is 11.3 Å². The van der Waals surface area contributed by atoms with Crippen molar-refractivity contribution in [2.45, 2.75) is 18.1 Å². The summed E-state index contributed by atoms with van der Waals surface area (Å²) in [5.74, 6) is 1.23. The van der Waals surface area contributed by atoms with Gasteiger partial charge in [-0.25, -0.2) is 0 Å². The van der Waals surface area contributed by atoms with Crippen LogP contribution >= 0.6 is 23.1 Å². The minimum atomic E-state index is -0.00772. The highest BCUT2D eigenvalue weighted by Crippen LogP contribution is 2.18. The van der Waals surface area contributed by atoms with Crippen molar-refractivity contribution < 1.29 is 4.79 Å². The fourth-order valence-corrected chi connectivity index (χ4v) is 3.63. The van der Waals surface area contributed by atoms with E-state index in [4.69, 9.17) is 0 Å². The first-order valence-corrected chi connectivity index (χ1v) is 9.43. The summed E-state index contributed by atoms with van der Waals surface area (Å²) >= 11 is 3.11. The third-order valence-electron chi connectivity index (χ3n) is 3.50. The predicted molar refractivity (Wildman–Crippen MR) is 97.1 cm³/mol. The minimum absolute atomic E-state index is 0.00772. The van der Waals surface area contributed by atoms with E-state index < -0.39 is 0 Å². The number of nitrogens with one attached hydrogen (secondary N) is 1. The molecule has 7 heteroatoms. The average molecular weight is 358 g/mol. The van der Waals surface area contributed by atoms with E-state index in [1.807, 2.05) is 48.0 Å². The molecule has 1 N–H and O–H groups in total. The highest BCUT2D eigenvalue weighted by atomic mass is 32.2. The molecule has 0 fully saturated rings. The van der Waals surface area contributed by atoms with Gasteiger partial charge in [-0.3, -0.25) is 4.79 Å². The lowest BCUT2D eigenvalue weighted by Gasteiger charge is -2.05. The molecule has 0 saturated heterocycles. The van der Waals surface area contributed by atoms with Crippen molar-refractivity contribution in [1.82, 2.24) is 20.1 Å². The smallest absolute Gasteiger partial charge is 0.230 e. The van der Waals surface area contributed by atoms with Gasteiger partial charge in [0.2, 0.25) is 5.91 Å². The normalized spacial score (nSPS) is 10.7. The molecule has 1 aromatic carbocycles. The van der Waals surface area contributed by atoms with Crippen LogP contribution in [0.1, 0.15) is 16.3 Å². The molecule has 3 rings (SSSR count). The molecule has 0 unspecified atom stereocenters. The van der Waals surface area contributed by atoms with Crippen LogP contribution in [0.4, 0.5) is 0 Å². The predicted octanol–water partition coefficient (Wildman–Crippen LogP) is 2.88. The van der Waals surface area contributed by atoms with E-state index in [0.29, 0.717) is 12.3 Å². The zero-order chi connectivity index (χ0) is 16.8. The summed E-state index contributed by atoms with van der Waals surface area (Å²) in [6.45, 7) is 0.544. The van der Waals surface area contributed by atoms with E-state index >= 15 is 0 Å². The van der Waals surface area contributed by atoms with E-state index in [0.717, 1.165) is 23.0 Å². The van der Waals surface area contributed by atoms with Crippen LogP contribution in [0.25, 0.3) is 0 Å². The van der Waals surface area contributed by atoms with Gasteiger partial charge in [0.25, 0.3) is 0 Å². The van der Waals surface area contributed by atoms with E-state index in [-0.39, 0.29) is 5.91 Å². The van der Waals surface area contributed by atoms with Gasteiger partial charge in [0.15, 0.2) is 5.16 Å². The Bertz CT molecular complexity index is 784. The van der Waals surface area contributed by atoms with Crippen molar-refractivity contribution in [2.75, 3.05) is 5.75 Å². The highest BCUT2D eigenvalue weighted by molar-refractivity contribution is 7.99. The second kappa shape index (κ2) is 8.12. The number of rotatable bonds is 7. The van der Waals surface area contributed by atoms with Crippen molar-refractivity contribution in [1.29, 1.82) is 0 Å². The number of carbonyl (C=O) groups is 1. The van der Waals surface area contributed by atoms with Crippen molar-refractivity contribution in [3.05, 3.63) is 64.1 Å². The zero-order valence-electron chi connectivity index (χ0n) is 13.3. The summed E-state index contributed by atoms with van der Waals surface area (Å²) in [6, 6.07) is 14.0. The molecule has 2 heterocycles. The Morgan fingerprint density at radius 1 is 1.21 bits per heavy atom. The largest absolute Gasteiger partial charge is 0.351 e. The van der Waals surface area contributed by atoms with Gasteiger partial charge in [-0.1, -0.05) is 48.2 Å². The number of thioether (sulfide) groups is 1. The molecule has 5 nitrogen and oxygen atoms in total. The SMILES string of the molecule is Cn1c(Cc2cccs2)nnc1SCC(=O)NCc1ccccc1. The monoisotopic (exact) mass is 358 g/mol. The summed E-state index contributed by atoms with van der Waals surface area (Å²) < 4.78 is 1.95. The van der Waals surface area contributed by atoms with Crippen molar-refractivity contribution in [3.63, 3.8) is 0 Å². The molecule has 0 aliphatic heterocycles. The summed E-state index contributed by atoms with van der Waals surface area (Å²) in [5.41, 5.74) is 1.09. The maximum Gasteiger partial charge on any atom is 0.230 e. The minimum Gasteiger partial charge on any atom is -0.351 e. The molecule has 124 valence electrons. The Kier molecular flexibility index (Phi) is 5.66. The first kappa shape index (κ1) is 16.7. The van der Waals surface area contributed by atoms with E-state index in [2.05, 4.69) is 27.0 Å². The van der Waals surface area contributed by atoms with Gasteiger partial charge >= 0.3 is 0 Å². The van der Waals surface area contributed by atoms with E-state index in [1.165, 1.54) is 16.6 Å². The molecule has 0 radical (unpaired) electrons. The second-order valence-electron chi connectivity index (χ2n) is 5.26. The first-order valence-electron chi connectivity index (χ1n) is 7.56. The molecule has 0 saturated carbocycles. The maximum atomic E-state index is 12.0. The molecule has 1 amide bonds. The topological polar surface area (TPSA) is 59.8 Å². The van der Waals surface area contributed by atoms with Gasteiger partial charge in [0.1, 0.15) is 5.82 Å². The first-order chi connectivity index (χ1) is 11.7. The van der Waals surface area contributed by atoms with Gasteiger partial charge in [0, 0.05) is 24.9 Å². The summed E-state index contributed by atoms with van der Waals surface area (Å²) in [4.78, 5) is 13.2. The number of hydrogen-bond acceptors (Lipinski definition) is 5. The Morgan fingerprint density at radius 2 is 2.04 bits per heavy atom. The van der Waals surface area contributed by atoms with Crippen LogP contribution in [0.15, 0.2) is 53.0 Å². The van der Waals surface area contributed by atoms with Gasteiger partial charge in [-0.15, -0.1) is 21.5 Å². The third-order valence-corrected chi connectivity index (χ3v) is 5.40. The summed E-state index contributed by atoms with van der Waals surface area (Å²) in [6.07, 6.45) is 0.766. The number of hydrogen-bond donors (Lipinski definition) is 1. The number of benzene rings is 1. The maximum absolute atomic E-state index is 12.0. The molecule has 24 heavy (non-hydrogen) atoms. The lowest BCUT2D eigenvalue weighted by molar-refractivity contribution is -0.118. The Hall–Kier alpha value is -2.12. The molecule has 0 spiro atoms. The van der Waals surface area contributed by atoms with Crippen molar-refractivity contribution in [3.8, 4) is 0 Å². The van der Waals surface area contributed by atoms with Crippen LogP contribution in [0.5, 0.6) is 0 Å². The molecule has 0 aliphatic rings. The standard InChI is InChI=1S/C17H18N4OS2/c1-21-15(10-14-8-5-9-23-14)19-20-17(21)24-12-16(22)18-11-13-6-3-2-4-7-13/h2-9H,10-12H2,1H3,(H,18,22). The number of carbonyl (C=O) groups excluding carboxylic acids is 1. The summed E-state index contributed by atoms with van der Waals surface area (Å²) in [7, 11) is 1.94. The molecule has 0 atom stereocenters. The molecular weight excluding hydrogens is 340 g/mol. The molecular formula is C17H18N4OS2. The third kappa shape index (κ3) is 4.46. The molecule has 0 bridgehead atoms. The van der Waals surface area contributed by atoms with Gasteiger partial charge in [-0.2, -0.15) is 0 Å². The molecule has 2 aromatic heterocycles. The van der Waals surface area contributed by atoms with Crippen LogP contribution in [-0.2, 0) is 24.8 Å². The second-order valence-corrected chi connectivity index (χ2v) is 7.24. The molecule has 0 aliphatic carbocycles. The van der Waals surface area contributed by atoms with Gasteiger partial charge < -0.3 is 9.88 Å². The molecule has 3 aromatic rings. The number of aromatic nitrogens is 3.